The summed E-state index contributed by atoms with van der Waals surface area (Å²) >= 11 is 13.7. The third-order valence-electron chi connectivity index (χ3n) is 5.75. The summed E-state index contributed by atoms with van der Waals surface area (Å²) in [6.07, 6.45) is 0.938. The van der Waals surface area contributed by atoms with Gasteiger partial charge in [0.15, 0.2) is 0 Å². The zero-order valence-corrected chi connectivity index (χ0v) is 21.8. The Morgan fingerprint density at radius 1 is 1.08 bits per heavy atom. The molecule has 4 rings (SSSR count). The van der Waals surface area contributed by atoms with E-state index in [4.69, 9.17) is 23.2 Å². The lowest BCUT2D eigenvalue weighted by atomic mass is 10.1. The molecule has 3 aromatic carbocycles. The van der Waals surface area contributed by atoms with Crippen LogP contribution in [0.15, 0.2) is 83.4 Å². The van der Waals surface area contributed by atoms with Gasteiger partial charge < -0.3 is 5.32 Å². The van der Waals surface area contributed by atoms with E-state index in [1.54, 1.807) is 18.2 Å². The van der Waals surface area contributed by atoms with Crippen molar-refractivity contribution in [3.8, 4) is 6.07 Å². The van der Waals surface area contributed by atoms with Crippen LogP contribution >= 0.6 is 35.0 Å². The number of hydrogen-bond acceptors (Lipinski definition) is 4. The van der Waals surface area contributed by atoms with Crippen LogP contribution in [0.1, 0.15) is 16.7 Å². The molecule has 1 aliphatic heterocycles. The highest BCUT2D eigenvalue weighted by atomic mass is 35.5. The number of benzene rings is 3. The summed E-state index contributed by atoms with van der Waals surface area (Å²) in [5, 5.41) is 13.6. The second-order valence-corrected chi connectivity index (χ2v) is 10.4. The van der Waals surface area contributed by atoms with Crippen LogP contribution in [-0.2, 0) is 22.4 Å². The minimum Gasteiger partial charge on any atom is -0.351 e. The molecule has 0 aliphatic carbocycles. The molecular weight excluding hydrogens is 513 g/mol. The molecule has 0 spiro atoms. The molecule has 1 saturated heterocycles. The summed E-state index contributed by atoms with van der Waals surface area (Å²) in [6, 6.07) is 24.3. The highest BCUT2D eigenvalue weighted by molar-refractivity contribution is 8.05. The molecule has 1 aliphatic rings. The Bertz CT molecular complexity index is 1350. The monoisotopic (exact) mass is 535 g/mol. The van der Waals surface area contributed by atoms with Crippen LogP contribution in [0, 0.1) is 18.3 Å². The summed E-state index contributed by atoms with van der Waals surface area (Å²) in [5.74, 6) is -0.734. The second-order valence-electron chi connectivity index (χ2n) is 8.34. The van der Waals surface area contributed by atoms with Crippen molar-refractivity contribution in [1.82, 2.24) is 5.32 Å². The molecule has 3 aromatic rings. The number of aryl methyl sites for hydroxylation is 1. The zero-order valence-electron chi connectivity index (χ0n) is 19.5. The molecule has 1 fully saturated rings. The van der Waals surface area contributed by atoms with Gasteiger partial charge >= 0.3 is 0 Å². The third-order valence-corrected chi connectivity index (χ3v) is 7.62. The van der Waals surface area contributed by atoms with Crippen molar-refractivity contribution >= 4 is 52.5 Å². The minimum atomic E-state index is -0.572. The normalized spacial score (nSPS) is 16.6. The molecule has 5 nitrogen and oxygen atoms in total. The highest BCUT2D eigenvalue weighted by Crippen LogP contribution is 2.42. The minimum absolute atomic E-state index is 0.0957. The van der Waals surface area contributed by atoms with Crippen LogP contribution in [0.2, 0.25) is 10.0 Å². The first-order valence-electron chi connectivity index (χ1n) is 11.3. The van der Waals surface area contributed by atoms with Gasteiger partial charge in [-0.2, -0.15) is 5.26 Å². The first-order chi connectivity index (χ1) is 17.4. The number of carbonyl (C=O) groups excluding carboxylic acids is 2. The van der Waals surface area contributed by atoms with Gasteiger partial charge in [0, 0.05) is 22.3 Å². The molecule has 2 amide bonds. The van der Waals surface area contributed by atoms with E-state index in [2.05, 4.69) is 5.32 Å². The van der Waals surface area contributed by atoms with Gasteiger partial charge in [-0.25, -0.2) is 0 Å². The van der Waals surface area contributed by atoms with Crippen molar-refractivity contribution < 1.29 is 9.59 Å². The second kappa shape index (κ2) is 11.7. The molecule has 0 aromatic heterocycles. The summed E-state index contributed by atoms with van der Waals surface area (Å²) in [6.45, 7) is 2.32. The number of nitrogens with zero attached hydrogens (tertiary/aromatic N) is 2. The van der Waals surface area contributed by atoms with E-state index in [9.17, 15) is 14.9 Å². The molecule has 1 heterocycles. The molecule has 0 bridgehead atoms. The molecule has 36 heavy (non-hydrogen) atoms. The van der Waals surface area contributed by atoms with E-state index in [-0.39, 0.29) is 11.5 Å². The first kappa shape index (κ1) is 25.8. The largest absolute Gasteiger partial charge is 0.351 e. The van der Waals surface area contributed by atoms with Crippen LogP contribution in [0.3, 0.4) is 0 Å². The Morgan fingerprint density at radius 2 is 1.81 bits per heavy atom. The average molecular weight is 536 g/mol. The maximum atomic E-state index is 13.6. The maximum absolute atomic E-state index is 13.6. The van der Waals surface area contributed by atoms with Crippen molar-refractivity contribution in [3.63, 3.8) is 0 Å². The maximum Gasteiger partial charge on any atom is 0.264 e. The van der Waals surface area contributed by atoms with Crippen LogP contribution in [-0.4, -0.2) is 23.6 Å². The Kier molecular flexibility index (Phi) is 8.37. The molecule has 1 N–H and O–H groups in total. The number of carbonyl (C=O) groups is 2. The van der Waals surface area contributed by atoms with E-state index in [1.807, 2.05) is 67.6 Å². The van der Waals surface area contributed by atoms with E-state index in [1.165, 1.54) is 16.7 Å². The fourth-order valence-electron chi connectivity index (χ4n) is 3.87. The molecule has 8 heteroatoms. The highest BCUT2D eigenvalue weighted by Gasteiger charge is 2.41. The van der Waals surface area contributed by atoms with Gasteiger partial charge in [-0.3, -0.25) is 14.5 Å². The van der Waals surface area contributed by atoms with E-state index < -0.39 is 11.2 Å². The van der Waals surface area contributed by atoms with Crippen molar-refractivity contribution in [2.75, 3.05) is 11.4 Å². The number of nitriles is 1. The van der Waals surface area contributed by atoms with Gasteiger partial charge in [0.25, 0.3) is 5.91 Å². The lowest BCUT2D eigenvalue weighted by Crippen LogP contribution is -2.32. The first-order valence-corrected chi connectivity index (χ1v) is 13.0. The third kappa shape index (κ3) is 5.93. The number of halogens is 2. The predicted octanol–water partition coefficient (Wildman–Crippen LogP) is 6.09. The number of amides is 2. The number of anilines is 1. The molecule has 1 atom stereocenters. The Labute approximate surface area is 224 Å². The van der Waals surface area contributed by atoms with Crippen LogP contribution in [0.25, 0.3) is 0 Å². The Hall–Kier alpha value is -3.24. The van der Waals surface area contributed by atoms with Crippen LogP contribution in [0.4, 0.5) is 5.69 Å². The quantitative estimate of drug-likeness (QED) is 0.293. The molecular formula is C28H23Cl2N3O2S. The molecule has 0 unspecified atom stereocenters. The number of nitrogens with one attached hydrogen (secondary N) is 1. The fourth-order valence-corrected chi connectivity index (χ4v) is 5.55. The van der Waals surface area contributed by atoms with Crippen LogP contribution in [0.5, 0.6) is 0 Å². The van der Waals surface area contributed by atoms with E-state index >= 15 is 0 Å². The van der Waals surface area contributed by atoms with Crippen molar-refractivity contribution in [1.29, 1.82) is 5.26 Å². The Morgan fingerprint density at radius 3 is 2.50 bits per heavy atom. The summed E-state index contributed by atoms with van der Waals surface area (Å²) in [7, 11) is 0. The summed E-state index contributed by atoms with van der Waals surface area (Å²) < 4.78 is 0. The summed E-state index contributed by atoms with van der Waals surface area (Å²) in [5.41, 5.74) is 3.34. The van der Waals surface area contributed by atoms with Gasteiger partial charge in [0.2, 0.25) is 5.91 Å². The van der Waals surface area contributed by atoms with Gasteiger partial charge in [-0.05, 0) is 61.2 Å². The smallest absolute Gasteiger partial charge is 0.264 e. The van der Waals surface area contributed by atoms with Gasteiger partial charge in [-0.15, -0.1) is 0 Å². The van der Waals surface area contributed by atoms with Gasteiger partial charge in [0.1, 0.15) is 16.7 Å². The Balaban J connectivity index is 1.64. The van der Waals surface area contributed by atoms with Crippen LogP contribution < -0.4 is 10.2 Å². The average Bonchev–Trinajstić information content (AvgIpc) is 3.18. The molecule has 0 radical (unpaired) electrons. The van der Waals surface area contributed by atoms with Crippen molar-refractivity contribution in [3.05, 3.63) is 110 Å². The number of hydrogen-bond donors (Lipinski definition) is 1. The standard InChI is InChI=1S/C28H23Cl2N3O2S/c1-18-7-10-22(11-8-18)33-27(35)25(16-20-15-21(29)9-12-24(20)30)36-28(33)23(17-31)26(34)32-14-13-19-5-3-2-4-6-19/h2-12,15,25H,13-14,16H2,1H3,(H,32,34)/b28-23-/t25-/m1/s1. The SMILES string of the molecule is Cc1ccc(N2C(=O)[C@@H](Cc3cc(Cl)ccc3Cl)S/C2=C(/C#N)C(=O)NCCc2ccccc2)cc1. The molecule has 0 saturated carbocycles. The van der Waals surface area contributed by atoms with Gasteiger partial charge in [-0.1, -0.05) is 83.0 Å². The topological polar surface area (TPSA) is 73.2 Å². The van der Waals surface area contributed by atoms with Crippen molar-refractivity contribution in [2.45, 2.75) is 25.0 Å². The van der Waals surface area contributed by atoms with E-state index in [0.717, 1.165) is 16.7 Å². The lowest BCUT2D eigenvalue weighted by molar-refractivity contribution is -0.117. The molecule has 182 valence electrons. The lowest BCUT2D eigenvalue weighted by Gasteiger charge is -2.19. The number of thioether (sulfide) groups is 1. The fraction of sp³-hybridized carbons (Fsp3) is 0.179. The number of rotatable bonds is 7. The van der Waals surface area contributed by atoms with E-state index in [0.29, 0.717) is 40.1 Å². The van der Waals surface area contributed by atoms with Gasteiger partial charge in [0.05, 0.1) is 5.25 Å². The summed E-state index contributed by atoms with van der Waals surface area (Å²) in [4.78, 5) is 28.1. The predicted molar refractivity (Wildman–Crippen MR) is 146 cm³/mol. The zero-order chi connectivity index (χ0) is 25.7. The van der Waals surface area contributed by atoms with Crippen molar-refractivity contribution in [2.24, 2.45) is 0 Å².